The number of nitrogens with zero attached hydrogens (tertiary/aromatic N) is 1. The Balaban J connectivity index is 2.18. The van der Waals surface area contributed by atoms with E-state index in [-0.39, 0.29) is 6.54 Å². The molecule has 0 aliphatic heterocycles. The Bertz CT molecular complexity index is 1040. The van der Waals surface area contributed by atoms with Gasteiger partial charge in [0.25, 0.3) is 11.5 Å². The second-order valence-electron chi connectivity index (χ2n) is 5.69. The quantitative estimate of drug-likeness (QED) is 0.646. The molecular weight excluding hydrogens is 336 g/mol. The van der Waals surface area contributed by atoms with Crippen LogP contribution in [0.2, 0.25) is 0 Å². The maximum atomic E-state index is 12.9. The van der Waals surface area contributed by atoms with Crippen LogP contribution in [0.15, 0.2) is 59.4 Å². The van der Waals surface area contributed by atoms with E-state index in [0.717, 1.165) is 5.56 Å². The fourth-order valence-corrected chi connectivity index (χ4v) is 2.76. The molecule has 3 N–H and O–H groups in total. The Labute approximate surface area is 148 Å². The highest BCUT2D eigenvalue weighted by molar-refractivity contribution is 6.03. The molecule has 132 valence electrons. The SMILES string of the molecule is O=C(O)CNC(=O)c1c(O)c2ccccc2n(Cc2ccccc2)c1=O. The number of carbonyl (C=O) groups is 2. The molecule has 1 amide bonds. The Hall–Kier alpha value is -3.61. The van der Waals surface area contributed by atoms with Crippen LogP contribution in [0.25, 0.3) is 10.9 Å². The summed E-state index contributed by atoms with van der Waals surface area (Å²) in [7, 11) is 0. The first-order valence-electron chi connectivity index (χ1n) is 7.87. The zero-order chi connectivity index (χ0) is 18.7. The first-order valence-corrected chi connectivity index (χ1v) is 7.87. The molecule has 26 heavy (non-hydrogen) atoms. The van der Waals surface area contributed by atoms with Gasteiger partial charge in [0, 0.05) is 5.39 Å². The third-order valence-corrected chi connectivity index (χ3v) is 3.96. The van der Waals surface area contributed by atoms with Crippen molar-refractivity contribution < 1.29 is 19.8 Å². The Morgan fingerprint density at radius 3 is 2.35 bits per heavy atom. The van der Waals surface area contributed by atoms with Crippen molar-refractivity contribution in [3.63, 3.8) is 0 Å². The summed E-state index contributed by atoms with van der Waals surface area (Å²) in [6.07, 6.45) is 0. The predicted molar refractivity (Wildman–Crippen MR) is 95.4 cm³/mol. The number of rotatable bonds is 5. The van der Waals surface area contributed by atoms with Crippen LogP contribution in [0, 0.1) is 0 Å². The molecule has 0 bridgehead atoms. The number of para-hydroxylation sites is 1. The lowest BCUT2D eigenvalue weighted by Gasteiger charge is -2.15. The highest BCUT2D eigenvalue weighted by Crippen LogP contribution is 2.26. The lowest BCUT2D eigenvalue weighted by atomic mass is 10.1. The zero-order valence-corrected chi connectivity index (χ0v) is 13.7. The van der Waals surface area contributed by atoms with Crippen molar-refractivity contribution in [2.24, 2.45) is 0 Å². The highest BCUT2D eigenvalue weighted by Gasteiger charge is 2.22. The van der Waals surface area contributed by atoms with Gasteiger partial charge in [-0.2, -0.15) is 0 Å². The maximum absolute atomic E-state index is 12.9. The maximum Gasteiger partial charge on any atom is 0.322 e. The predicted octanol–water partition coefficient (Wildman–Crippen LogP) is 1.57. The van der Waals surface area contributed by atoms with Crippen LogP contribution < -0.4 is 10.9 Å². The van der Waals surface area contributed by atoms with E-state index in [4.69, 9.17) is 5.11 Å². The number of hydrogen-bond donors (Lipinski definition) is 3. The zero-order valence-electron chi connectivity index (χ0n) is 13.7. The standard InChI is InChI=1S/C19H16N2O5/c22-15(23)10-20-18(25)16-17(24)13-8-4-5-9-14(13)21(19(16)26)11-12-6-2-1-3-7-12/h1-9,24H,10-11H2,(H,20,25)(H,22,23). The molecule has 0 aliphatic rings. The first kappa shape index (κ1) is 17.2. The van der Waals surface area contributed by atoms with Gasteiger partial charge in [0.1, 0.15) is 17.9 Å². The summed E-state index contributed by atoms with van der Waals surface area (Å²) < 4.78 is 1.39. The van der Waals surface area contributed by atoms with Gasteiger partial charge in [0.05, 0.1) is 12.1 Å². The van der Waals surface area contributed by atoms with Gasteiger partial charge in [-0.1, -0.05) is 42.5 Å². The molecule has 1 heterocycles. The lowest BCUT2D eigenvalue weighted by Crippen LogP contribution is -2.36. The minimum atomic E-state index is -1.25. The van der Waals surface area contributed by atoms with Gasteiger partial charge in [0.2, 0.25) is 0 Å². The fraction of sp³-hybridized carbons (Fsp3) is 0.105. The van der Waals surface area contributed by atoms with Crippen LogP contribution in [-0.4, -0.2) is 33.2 Å². The van der Waals surface area contributed by atoms with Crippen LogP contribution in [0.4, 0.5) is 0 Å². The van der Waals surface area contributed by atoms with Crippen LogP contribution in [0.5, 0.6) is 5.75 Å². The number of aromatic nitrogens is 1. The topological polar surface area (TPSA) is 109 Å². The number of nitrogens with one attached hydrogen (secondary N) is 1. The summed E-state index contributed by atoms with van der Waals surface area (Å²) in [4.78, 5) is 35.8. The number of aliphatic carboxylic acids is 1. The second-order valence-corrected chi connectivity index (χ2v) is 5.69. The molecule has 0 atom stereocenters. The molecule has 0 saturated carbocycles. The minimum absolute atomic E-state index is 0.208. The minimum Gasteiger partial charge on any atom is -0.506 e. The summed E-state index contributed by atoms with van der Waals surface area (Å²) in [6, 6.07) is 15.9. The normalized spacial score (nSPS) is 10.6. The van der Waals surface area contributed by atoms with E-state index < -0.39 is 35.3 Å². The van der Waals surface area contributed by atoms with Crippen LogP contribution in [0.3, 0.4) is 0 Å². The monoisotopic (exact) mass is 352 g/mol. The number of carboxylic acids is 1. The third kappa shape index (κ3) is 3.27. The first-order chi connectivity index (χ1) is 12.5. The van der Waals surface area contributed by atoms with E-state index in [1.165, 1.54) is 4.57 Å². The third-order valence-electron chi connectivity index (χ3n) is 3.96. The van der Waals surface area contributed by atoms with Gasteiger partial charge in [-0.05, 0) is 17.7 Å². The number of fused-ring (bicyclic) bond motifs is 1. The molecule has 3 aromatic rings. The molecular formula is C19H16N2O5. The lowest BCUT2D eigenvalue weighted by molar-refractivity contribution is -0.135. The molecule has 0 aliphatic carbocycles. The van der Waals surface area contributed by atoms with Gasteiger partial charge in [-0.25, -0.2) is 0 Å². The van der Waals surface area contributed by atoms with Crippen LogP contribution in [-0.2, 0) is 11.3 Å². The fourth-order valence-electron chi connectivity index (χ4n) is 2.76. The number of aromatic hydroxyl groups is 1. The second kappa shape index (κ2) is 7.10. The summed E-state index contributed by atoms with van der Waals surface area (Å²) in [5, 5.41) is 21.6. The highest BCUT2D eigenvalue weighted by atomic mass is 16.4. The van der Waals surface area contributed by atoms with E-state index in [1.54, 1.807) is 24.3 Å². The van der Waals surface area contributed by atoms with E-state index >= 15 is 0 Å². The summed E-state index contributed by atoms with van der Waals surface area (Å²) in [5.74, 6) is -2.64. The molecule has 7 heteroatoms. The van der Waals surface area contributed by atoms with Crippen LogP contribution in [0.1, 0.15) is 15.9 Å². The van der Waals surface area contributed by atoms with Crippen molar-refractivity contribution in [2.45, 2.75) is 6.54 Å². The van der Waals surface area contributed by atoms with Crippen LogP contribution >= 0.6 is 0 Å². The van der Waals surface area contributed by atoms with E-state index in [9.17, 15) is 19.5 Å². The molecule has 0 fully saturated rings. The van der Waals surface area contributed by atoms with Crippen molar-refractivity contribution in [1.82, 2.24) is 9.88 Å². The van der Waals surface area contributed by atoms with Crippen molar-refractivity contribution >= 4 is 22.8 Å². The number of hydrogen-bond acceptors (Lipinski definition) is 4. The number of benzene rings is 2. The van der Waals surface area contributed by atoms with Crippen molar-refractivity contribution in [2.75, 3.05) is 6.54 Å². The van der Waals surface area contributed by atoms with E-state index in [2.05, 4.69) is 5.32 Å². The largest absolute Gasteiger partial charge is 0.506 e. The van der Waals surface area contributed by atoms with E-state index in [0.29, 0.717) is 10.9 Å². The average Bonchev–Trinajstić information content (AvgIpc) is 2.64. The molecule has 3 rings (SSSR count). The molecule has 0 radical (unpaired) electrons. The van der Waals surface area contributed by atoms with Crippen molar-refractivity contribution in [1.29, 1.82) is 0 Å². The Morgan fingerprint density at radius 2 is 1.65 bits per heavy atom. The molecule has 0 spiro atoms. The van der Waals surface area contributed by atoms with Crippen molar-refractivity contribution in [3.05, 3.63) is 76.1 Å². The molecule has 0 unspecified atom stereocenters. The van der Waals surface area contributed by atoms with Gasteiger partial charge in [0.15, 0.2) is 0 Å². The van der Waals surface area contributed by atoms with Gasteiger partial charge < -0.3 is 20.1 Å². The molecule has 1 aromatic heterocycles. The number of pyridine rings is 1. The number of carbonyl (C=O) groups excluding carboxylic acids is 1. The summed E-state index contributed by atoms with van der Waals surface area (Å²) in [5.41, 5.74) is 0.171. The molecule has 2 aromatic carbocycles. The van der Waals surface area contributed by atoms with E-state index in [1.807, 2.05) is 30.3 Å². The summed E-state index contributed by atoms with van der Waals surface area (Å²) >= 11 is 0. The Morgan fingerprint density at radius 1 is 1.00 bits per heavy atom. The smallest absolute Gasteiger partial charge is 0.322 e. The Kier molecular flexibility index (Phi) is 4.70. The average molecular weight is 352 g/mol. The molecule has 7 nitrogen and oxygen atoms in total. The van der Waals surface area contributed by atoms with Gasteiger partial charge in [-0.15, -0.1) is 0 Å². The van der Waals surface area contributed by atoms with Gasteiger partial charge in [-0.3, -0.25) is 14.4 Å². The number of amides is 1. The molecule has 0 saturated heterocycles. The number of carboxylic acid groups (broad SMARTS) is 1. The summed E-state index contributed by atoms with van der Waals surface area (Å²) in [6.45, 7) is -0.442. The van der Waals surface area contributed by atoms with Crippen molar-refractivity contribution in [3.8, 4) is 5.75 Å². The van der Waals surface area contributed by atoms with Gasteiger partial charge >= 0.3 is 5.97 Å².